The monoisotopic (exact) mass is 98.0 g/mol. The lowest BCUT2D eigenvalue weighted by Crippen LogP contribution is -1.92. The van der Waals surface area contributed by atoms with Crippen LogP contribution in [-0.2, 0) is 4.74 Å². The average Bonchev–Trinajstić information content (AvgIpc) is 1.68. The minimum absolute atomic E-state index is 0.0856. The Morgan fingerprint density at radius 1 is 2.00 bits per heavy atom. The molecule has 0 saturated heterocycles. The number of nitrogens with two attached hydrogens (primary N) is 1. The zero-order valence-corrected chi connectivity index (χ0v) is 4.01. The first-order valence-corrected chi connectivity index (χ1v) is 1.69. The number of ether oxygens (including phenoxy) is 1. The molecule has 3 heteroatoms. The van der Waals surface area contributed by atoms with Crippen LogP contribution in [0, 0.1) is 11.3 Å². The van der Waals surface area contributed by atoms with E-state index in [4.69, 9.17) is 11.0 Å². The molecular formula is C4H6N2O. The van der Waals surface area contributed by atoms with E-state index in [1.165, 1.54) is 13.4 Å². The molecule has 0 fully saturated rings. The summed E-state index contributed by atoms with van der Waals surface area (Å²) in [5.41, 5.74) is 5.04. The van der Waals surface area contributed by atoms with E-state index >= 15 is 0 Å². The van der Waals surface area contributed by atoms with Crippen molar-refractivity contribution in [3.63, 3.8) is 0 Å². The third kappa shape index (κ3) is 2.64. The lowest BCUT2D eigenvalue weighted by Gasteiger charge is -1.83. The predicted molar refractivity (Wildman–Crippen MR) is 24.9 cm³/mol. The summed E-state index contributed by atoms with van der Waals surface area (Å²) >= 11 is 0. The molecule has 0 atom stereocenters. The molecule has 0 aliphatic carbocycles. The molecule has 0 saturated carbocycles. The van der Waals surface area contributed by atoms with Crippen molar-refractivity contribution >= 4 is 0 Å². The van der Waals surface area contributed by atoms with Crippen molar-refractivity contribution in [1.82, 2.24) is 0 Å². The summed E-state index contributed by atoms with van der Waals surface area (Å²) < 4.78 is 4.38. The zero-order valence-electron chi connectivity index (χ0n) is 4.01. The van der Waals surface area contributed by atoms with Crippen LogP contribution in [0.5, 0.6) is 0 Å². The number of rotatable bonds is 1. The topological polar surface area (TPSA) is 59.0 Å². The highest BCUT2D eigenvalue weighted by Gasteiger charge is 1.77. The van der Waals surface area contributed by atoms with Crippen LogP contribution in [0.25, 0.3) is 0 Å². The number of hydrogen-bond donors (Lipinski definition) is 1. The van der Waals surface area contributed by atoms with Crippen LogP contribution in [0.15, 0.2) is 12.0 Å². The molecule has 0 radical (unpaired) electrons. The third-order valence-corrected chi connectivity index (χ3v) is 0.374. The van der Waals surface area contributed by atoms with Gasteiger partial charge in [0.15, 0.2) is 0 Å². The van der Waals surface area contributed by atoms with Gasteiger partial charge in [0, 0.05) is 0 Å². The van der Waals surface area contributed by atoms with E-state index < -0.39 is 0 Å². The van der Waals surface area contributed by atoms with Crippen molar-refractivity contribution in [2.24, 2.45) is 5.73 Å². The summed E-state index contributed by atoms with van der Waals surface area (Å²) in [6, 6.07) is 1.68. The van der Waals surface area contributed by atoms with Gasteiger partial charge in [0.2, 0.25) is 0 Å². The summed E-state index contributed by atoms with van der Waals surface area (Å²) in [5, 5.41) is 7.94. The predicted octanol–water partition coefficient (Wildman–Crippen LogP) is -0.0435. The maximum Gasteiger partial charge on any atom is 0.145 e. The van der Waals surface area contributed by atoms with Gasteiger partial charge in [-0.2, -0.15) is 5.26 Å². The summed E-state index contributed by atoms with van der Waals surface area (Å²) in [5.74, 6) is 0. The SMILES string of the molecule is CO/C=C(/N)C#N. The van der Waals surface area contributed by atoms with Gasteiger partial charge in [0.1, 0.15) is 18.0 Å². The fraction of sp³-hybridized carbons (Fsp3) is 0.250. The fourth-order valence-corrected chi connectivity index (χ4v) is 0.153. The molecule has 7 heavy (non-hydrogen) atoms. The first-order chi connectivity index (χ1) is 3.31. The van der Waals surface area contributed by atoms with Gasteiger partial charge in [-0.25, -0.2) is 0 Å². The molecule has 0 aliphatic heterocycles. The molecule has 38 valence electrons. The first-order valence-electron chi connectivity index (χ1n) is 1.69. The second-order valence-electron chi connectivity index (χ2n) is 0.921. The Kier molecular flexibility index (Phi) is 2.53. The van der Waals surface area contributed by atoms with E-state index in [1.807, 2.05) is 0 Å². The lowest BCUT2D eigenvalue weighted by atomic mass is 10.6. The Bertz CT molecular complexity index is 111. The summed E-state index contributed by atoms with van der Waals surface area (Å²) in [6.07, 6.45) is 1.18. The number of allylic oxidation sites excluding steroid dienone is 1. The Morgan fingerprint density at radius 2 is 2.57 bits per heavy atom. The quantitative estimate of drug-likeness (QED) is 0.369. The molecule has 0 bridgehead atoms. The van der Waals surface area contributed by atoms with Crippen LogP contribution >= 0.6 is 0 Å². The second-order valence-corrected chi connectivity index (χ2v) is 0.921. The maximum atomic E-state index is 7.94. The van der Waals surface area contributed by atoms with Crippen LogP contribution in [-0.4, -0.2) is 7.11 Å². The molecule has 0 spiro atoms. The highest BCUT2D eigenvalue weighted by molar-refractivity contribution is 5.12. The van der Waals surface area contributed by atoms with Crippen molar-refractivity contribution in [3.05, 3.63) is 12.0 Å². The fourth-order valence-electron chi connectivity index (χ4n) is 0.153. The average molecular weight is 98.1 g/mol. The molecule has 0 rings (SSSR count). The molecule has 0 aliphatic rings. The highest BCUT2D eigenvalue weighted by atomic mass is 16.5. The molecule has 0 heterocycles. The zero-order chi connectivity index (χ0) is 5.70. The largest absolute Gasteiger partial charge is 0.501 e. The molecule has 0 aromatic carbocycles. The highest BCUT2D eigenvalue weighted by Crippen LogP contribution is 1.76. The minimum atomic E-state index is 0.0856. The number of methoxy groups -OCH3 is 1. The van der Waals surface area contributed by atoms with E-state index in [0.717, 1.165) is 0 Å². The van der Waals surface area contributed by atoms with Gasteiger partial charge < -0.3 is 10.5 Å². The molecule has 2 N–H and O–H groups in total. The smallest absolute Gasteiger partial charge is 0.145 e. The maximum absolute atomic E-state index is 7.94. The van der Waals surface area contributed by atoms with Gasteiger partial charge >= 0.3 is 0 Å². The Labute approximate surface area is 42.0 Å². The summed E-state index contributed by atoms with van der Waals surface area (Å²) in [6.45, 7) is 0. The Morgan fingerprint density at radius 3 is 2.71 bits per heavy atom. The van der Waals surface area contributed by atoms with Gasteiger partial charge in [0.25, 0.3) is 0 Å². The van der Waals surface area contributed by atoms with Crippen molar-refractivity contribution in [1.29, 1.82) is 5.26 Å². The molecule has 0 aromatic heterocycles. The van der Waals surface area contributed by atoms with E-state index in [-0.39, 0.29) is 5.70 Å². The van der Waals surface area contributed by atoms with Gasteiger partial charge in [0.05, 0.1) is 7.11 Å². The van der Waals surface area contributed by atoms with E-state index in [0.29, 0.717) is 0 Å². The van der Waals surface area contributed by atoms with Crippen LogP contribution in [0.3, 0.4) is 0 Å². The number of nitrogens with zero attached hydrogens (tertiary/aromatic N) is 1. The van der Waals surface area contributed by atoms with E-state index in [2.05, 4.69) is 4.74 Å². The minimum Gasteiger partial charge on any atom is -0.501 e. The Balaban J connectivity index is 3.57. The standard InChI is InChI=1S/C4H6N2O/c1-7-3-4(6)2-5/h3H,6H2,1H3/b4-3+. The van der Waals surface area contributed by atoms with Crippen LogP contribution in [0.1, 0.15) is 0 Å². The van der Waals surface area contributed by atoms with Gasteiger partial charge in [-0.15, -0.1) is 0 Å². The molecule has 0 amide bonds. The van der Waals surface area contributed by atoms with Gasteiger partial charge in [-0.1, -0.05) is 0 Å². The van der Waals surface area contributed by atoms with E-state index in [1.54, 1.807) is 6.07 Å². The second kappa shape index (κ2) is 3.04. The van der Waals surface area contributed by atoms with Crippen molar-refractivity contribution < 1.29 is 4.74 Å². The van der Waals surface area contributed by atoms with Gasteiger partial charge in [-0.3, -0.25) is 0 Å². The molecule has 0 unspecified atom stereocenters. The van der Waals surface area contributed by atoms with Crippen LogP contribution in [0.2, 0.25) is 0 Å². The molecule has 0 aromatic rings. The normalized spacial score (nSPS) is 10.0. The van der Waals surface area contributed by atoms with Crippen LogP contribution < -0.4 is 5.73 Å². The number of hydrogen-bond acceptors (Lipinski definition) is 3. The first kappa shape index (κ1) is 5.83. The lowest BCUT2D eigenvalue weighted by molar-refractivity contribution is 0.335. The van der Waals surface area contributed by atoms with Gasteiger partial charge in [-0.05, 0) is 0 Å². The number of nitriles is 1. The Hall–Kier alpha value is -1.17. The summed E-state index contributed by atoms with van der Waals surface area (Å²) in [4.78, 5) is 0. The van der Waals surface area contributed by atoms with Crippen LogP contribution in [0.4, 0.5) is 0 Å². The summed E-state index contributed by atoms with van der Waals surface area (Å²) in [7, 11) is 1.43. The van der Waals surface area contributed by atoms with Crippen molar-refractivity contribution in [3.8, 4) is 6.07 Å². The van der Waals surface area contributed by atoms with E-state index in [9.17, 15) is 0 Å². The van der Waals surface area contributed by atoms with Crippen molar-refractivity contribution in [2.75, 3.05) is 7.11 Å². The van der Waals surface area contributed by atoms with Crippen molar-refractivity contribution in [2.45, 2.75) is 0 Å². The molecular weight excluding hydrogens is 92.1 g/mol. The third-order valence-electron chi connectivity index (χ3n) is 0.374. The molecule has 3 nitrogen and oxygen atoms in total.